The molecule has 0 amide bonds. The Kier molecular flexibility index (Phi) is 3.81. The van der Waals surface area contributed by atoms with Gasteiger partial charge in [0.15, 0.2) is 23.1 Å². The summed E-state index contributed by atoms with van der Waals surface area (Å²) in [5, 5.41) is 3.95. The van der Waals surface area contributed by atoms with Crippen LogP contribution in [-0.4, -0.2) is 9.78 Å². The van der Waals surface area contributed by atoms with Gasteiger partial charge in [0.25, 0.3) is 0 Å². The van der Waals surface area contributed by atoms with Gasteiger partial charge < -0.3 is 4.74 Å². The van der Waals surface area contributed by atoms with E-state index in [1.165, 1.54) is 6.20 Å². The molecular weight excluding hydrogens is 262 g/mol. The Bertz CT molecular complexity index is 534. The number of benzene rings is 1. The summed E-state index contributed by atoms with van der Waals surface area (Å²) in [6.07, 6.45) is 2.96. The quantitative estimate of drug-likeness (QED) is 0.793. The van der Waals surface area contributed by atoms with Crippen LogP contribution in [0.5, 0.6) is 11.5 Å². The molecule has 0 unspecified atom stereocenters. The SMILES string of the molecule is CCn1cc(Oc2c(F)cc(CCl)cc2F)cn1. The van der Waals surface area contributed by atoms with Crippen LogP contribution >= 0.6 is 11.6 Å². The Balaban J connectivity index is 2.28. The highest BCUT2D eigenvalue weighted by Gasteiger charge is 2.14. The van der Waals surface area contributed by atoms with Gasteiger partial charge in [0.2, 0.25) is 0 Å². The Hall–Kier alpha value is -1.62. The van der Waals surface area contributed by atoms with Crippen LogP contribution in [0.25, 0.3) is 0 Å². The van der Waals surface area contributed by atoms with Crippen LogP contribution in [0.3, 0.4) is 0 Å². The van der Waals surface area contributed by atoms with E-state index < -0.39 is 17.4 Å². The number of aryl methyl sites for hydroxylation is 1. The Morgan fingerprint density at radius 1 is 1.33 bits per heavy atom. The fourth-order valence-corrected chi connectivity index (χ4v) is 1.63. The maximum absolute atomic E-state index is 13.6. The van der Waals surface area contributed by atoms with Crippen LogP contribution in [0.2, 0.25) is 0 Å². The maximum atomic E-state index is 13.6. The highest BCUT2D eigenvalue weighted by Crippen LogP contribution is 2.28. The summed E-state index contributed by atoms with van der Waals surface area (Å²) in [5.41, 5.74) is 0.364. The molecule has 0 N–H and O–H groups in total. The van der Waals surface area contributed by atoms with Gasteiger partial charge in [-0.1, -0.05) is 0 Å². The van der Waals surface area contributed by atoms with Crippen molar-refractivity contribution in [3.05, 3.63) is 41.7 Å². The van der Waals surface area contributed by atoms with Crippen molar-refractivity contribution in [2.24, 2.45) is 0 Å². The van der Waals surface area contributed by atoms with Gasteiger partial charge in [-0.25, -0.2) is 8.78 Å². The third kappa shape index (κ3) is 2.61. The van der Waals surface area contributed by atoms with Crippen molar-refractivity contribution in [1.82, 2.24) is 9.78 Å². The zero-order valence-electron chi connectivity index (χ0n) is 9.66. The van der Waals surface area contributed by atoms with E-state index in [9.17, 15) is 8.78 Å². The van der Waals surface area contributed by atoms with Crippen molar-refractivity contribution >= 4 is 11.6 Å². The van der Waals surface area contributed by atoms with E-state index in [0.29, 0.717) is 12.1 Å². The van der Waals surface area contributed by atoms with E-state index >= 15 is 0 Å². The van der Waals surface area contributed by atoms with E-state index in [1.807, 2.05) is 6.92 Å². The molecule has 0 aliphatic heterocycles. The lowest BCUT2D eigenvalue weighted by molar-refractivity contribution is 0.406. The minimum atomic E-state index is -0.783. The summed E-state index contributed by atoms with van der Waals surface area (Å²) in [5.74, 6) is -1.68. The molecule has 0 aliphatic rings. The van der Waals surface area contributed by atoms with Gasteiger partial charge in [-0.05, 0) is 24.6 Å². The minimum Gasteiger partial charge on any atom is -0.448 e. The van der Waals surface area contributed by atoms with Gasteiger partial charge in [-0.2, -0.15) is 5.10 Å². The minimum absolute atomic E-state index is 0.0435. The molecule has 0 atom stereocenters. The largest absolute Gasteiger partial charge is 0.448 e. The smallest absolute Gasteiger partial charge is 0.198 e. The number of hydrogen-bond acceptors (Lipinski definition) is 2. The van der Waals surface area contributed by atoms with Crippen LogP contribution in [0.4, 0.5) is 8.78 Å². The molecule has 2 aromatic rings. The second-order valence-electron chi connectivity index (χ2n) is 3.66. The summed E-state index contributed by atoms with van der Waals surface area (Å²) in [6.45, 7) is 2.55. The first kappa shape index (κ1) is 12.8. The second kappa shape index (κ2) is 5.35. The van der Waals surface area contributed by atoms with E-state index in [-0.39, 0.29) is 11.6 Å². The number of nitrogens with zero attached hydrogens (tertiary/aromatic N) is 2. The molecule has 2 rings (SSSR count). The summed E-state index contributed by atoms with van der Waals surface area (Å²) in [4.78, 5) is 0. The Morgan fingerprint density at radius 2 is 2.00 bits per heavy atom. The number of ether oxygens (including phenoxy) is 1. The van der Waals surface area contributed by atoms with Crippen LogP contribution in [0.15, 0.2) is 24.5 Å². The van der Waals surface area contributed by atoms with E-state index in [2.05, 4.69) is 5.10 Å². The average molecular weight is 273 g/mol. The number of hydrogen-bond donors (Lipinski definition) is 0. The zero-order chi connectivity index (χ0) is 13.1. The van der Waals surface area contributed by atoms with Crippen LogP contribution in [0, 0.1) is 11.6 Å². The predicted molar refractivity (Wildman–Crippen MR) is 63.9 cm³/mol. The van der Waals surface area contributed by atoms with Crippen molar-refractivity contribution in [2.45, 2.75) is 19.3 Å². The predicted octanol–water partition coefficient (Wildman–Crippen LogP) is 3.71. The van der Waals surface area contributed by atoms with Gasteiger partial charge in [-0.3, -0.25) is 4.68 Å². The lowest BCUT2D eigenvalue weighted by Crippen LogP contribution is -1.95. The summed E-state index contributed by atoms with van der Waals surface area (Å²) in [7, 11) is 0. The third-order valence-electron chi connectivity index (χ3n) is 2.37. The Morgan fingerprint density at radius 3 is 2.50 bits per heavy atom. The number of aromatic nitrogens is 2. The van der Waals surface area contributed by atoms with Gasteiger partial charge in [0, 0.05) is 12.4 Å². The molecule has 18 heavy (non-hydrogen) atoms. The molecule has 96 valence electrons. The standard InChI is InChI=1S/C12H11ClF2N2O/c1-2-17-7-9(6-16-17)18-12-10(14)3-8(5-13)4-11(12)15/h3-4,6-7H,2,5H2,1H3. The van der Waals surface area contributed by atoms with Gasteiger partial charge in [-0.15, -0.1) is 11.6 Å². The molecule has 0 radical (unpaired) electrons. The maximum Gasteiger partial charge on any atom is 0.198 e. The molecule has 0 saturated carbocycles. The van der Waals surface area contributed by atoms with Gasteiger partial charge in [0.1, 0.15) is 0 Å². The summed E-state index contributed by atoms with van der Waals surface area (Å²) in [6, 6.07) is 2.30. The van der Waals surface area contributed by atoms with Gasteiger partial charge in [0.05, 0.1) is 12.4 Å². The molecule has 0 saturated heterocycles. The lowest BCUT2D eigenvalue weighted by atomic mass is 10.2. The summed E-state index contributed by atoms with van der Waals surface area (Å²) >= 11 is 5.52. The first-order valence-electron chi connectivity index (χ1n) is 5.38. The lowest BCUT2D eigenvalue weighted by Gasteiger charge is -2.07. The molecule has 1 aromatic heterocycles. The zero-order valence-corrected chi connectivity index (χ0v) is 10.4. The number of rotatable bonds is 4. The van der Waals surface area contributed by atoms with Crippen molar-refractivity contribution < 1.29 is 13.5 Å². The molecule has 0 spiro atoms. The molecular formula is C12H11ClF2N2O. The van der Waals surface area contributed by atoms with Crippen LogP contribution in [0.1, 0.15) is 12.5 Å². The fourth-order valence-electron chi connectivity index (χ4n) is 1.48. The molecule has 6 heteroatoms. The average Bonchev–Trinajstić information content (AvgIpc) is 2.81. The van der Waals surface area contributed by atoms with E-state index in [1.54, 1.807) is 10.9 Å². The van der Waals surface area contributed by atoms with E-state index in [4.69, 9.17) is 16.3 Å². The molecule has 0 aliphatic carbocycles. The molecule has 0 fully saturated rings. The monoisotopic (exact) mass is 272 g/mol. The molecule has 0 bridgehead atoms. The second-order valence-corrected chi connectivity index (χ2v) is 3.92. The number of alkyl halides is 1. The van der Waals surface area contributed by atoms with Crippen molar-refractivity contribution in [2.75, 3.05) is 0 Å². The third-order valence-corrected chi connectivity index (χ3v) is 2.67. The Labute approximate surface area is 108 Å². The molecule has 1 heterocycles. The van der Waals surface area contributed by atoms with Crippen LogP contribution in [-0.2, 0) is 12.4 Å². The van der Waals surface area contributed by atoms with Gasteiger partial charge >= 0.3 is 0 Å². The highest BCUT2D eigenvalue weighted by molar-refractivity contribution is 6.17. The topological polar surface area (TPSA) is 27.1 Å². The highest BCUT2D eigenvalue weighted by atomic mass is 35.5. The summed E-state index contributed by atoms with van der Waals surface area (Å²) < 4.78 is 34.0. The first-order chi connectivity index (χ1) is 8.63. The molecule has 3 nitrogen and oxygen atoms in total. The van der Waals surface area contributed by atoms with Crippen molar-refractivity contribution in [3.8, 4) is 11.5 Å². The molecule has 1 aromatic carbocycles. The van der Waals surface area contributed by atoms with E-state index in [0.717, 1.165) is 12.1 Å². The fraction of sp³-hybridized carbons (Fsp3) is 0.250. The number of halogens is 3. The first-order valence-corrected chi connectivity index (χ1v) is 5.91. The van der Waals surface area contributed by atoms with Crippen molar-refractivity contribution in [3.63, 3.8) is 0 Å². The van der Waals surface area contributed by atoms with Crippen molar-refractivity contribution in [1.29, 1.82) is 0 Å². The normalized spacial score (nSPS) is 10.7. The van der Waals surface area contributed by atoms with Crippen LogP contribution < -0.4 is 4.74 Å².